The van der Waals surface area contributed by atoms with E-state index in [1.54, 1.807) is 18.2 Å². The first kappa shape index (κ1) is 14.4. The summed E-state index contributed by atoms with van der Waals surface area (Å²) in [5, 5.41) is 0.676. The lowest BCUT2D eigenvalue weighted by Crippen LogP contribution is -2.00. The van der Waals surface area contributed by atoms with Gasteiger partial charge >= 0.3 is 0 Å². The molecule has 0 aliphatic rings. The largest absolute Gasteiger partial charge is 0.398 e. The maximum atomic E-state index is 5.68. The minimum Gasteiger partial charge on any atom is -0.398 e. The van der Waals surface area contributed by atoms with Crippen LogP contribution in [0.15, 0.2) is 18.2 Å². The lowest BCUT2D eigenvalue weighted by molar-refractivity contribution is 1.08. The standard InChI is InChI=1S/C7H9ClN2.2ClH/c8-6-1-2-7(10)5(3-6)4-9;;/h1-3H,4,9-10H2;2*1H. The molecule has 1 rings (SSSR count). The molecule has 0 atom stereocenters. The quantitative estimate of drug-likeness (QED) is 0.726. The number of benzene rings is 1. The average molecular weight is 230 g/mol. The van der Waals surface area contributed by atoms with Gasteiger partial charge in [0.15, 0.2) is 0 Å². The molecule has 0 aliphatic carbocycles. The Kier molecular flexibility index (Phi) is 7.64. The fourth-order valence-corrected chi connectivity index (χ4v) is 0.946. The average Bonchev–Trinajstić information content (AvgIpc) is 1.94. The molecule has 0 saturated carbocycles. The van der Waals surface area contributed by atoms with Crippen LogP contribution in [0.5, 0.6) is 0 Å². The molecule has 0 heterocycles. The van der Waals surface area contributed by atoms with E-state index in [1.165, 1.54) is 0 Å². The van der Waals surface area contributed by atoms with Crippen molar-refractivity contribution >= 4 is 42.1 Å². The van der Waals surface area contributed by atoms with Gasteiger partial charge in [-0.3, -0.25) is 0 Å². The van der Waals surface area contributed by atoms with Crippen LogP contribution in [0.2, 0.25) is 5.02 Å². The van der Waals surface area contributed by atoms with Gasteiger partial charge in [0, 0.05) is 17.3 Å². The van der Waals surface area contributed by atoms with E-state index in [0.717, 1.165) is 5.56 Å². The smallest absolute Gasteiger partial charge is 0.0410 e. The number of anilines is 1. The van der Waals surface area contributed by atoms with E-state index in [9.17, 15) is 0 Å². The predicted octanol–water partition coefficient (Wildman–Crippen LogP) is 2.22. The molecule has 1 aromatic carbocycles. The Morgan fingerprint density at radius 2 is 1.83 bits per heavy atom. The minimum atomic E-state index is 0. The number of rotatable bonds is 1. The summed E-state index contributed by atoms with van der Waals surface area (Å²) in [6.07, 6.45) is 0. The van der Waals surface area contributed by atoms with Crippen molar-refractivity contribution in [2.24, 2.45) is 5.73 Å². The number of hydrogen-bond acceptors (Lipinski definition) is 2. The highest BCUT2D eigenvalue weighted by atomic mass is 35.5. The second-order valence-corrected chi connectivity index (χ2v) is 2.48. The molecule has 0 amide bonds. The SMILES string of the molecule is Cl.Cl.NCc1cc(Cl)ccc1N. The van der Waals surface area contributed by atoms with Crippen LogP contribution in [-0.4, -0.2) is 0 Å². The molecule has 70 valence electrons. The van der Waals surface area contributed by atoms with E-state index in [0.29, 0.717) is 17.3 Å². The summed E-state index contributed by atoms with van der Waals surface area (Å²) < 4.78 is 0. The third-order valence-corrected chi connectivity index (χ3v) is 1.56. The highest BCUT2D eigenvalue weighted by Gasteiger charge is 1.95. The second kappa shape index (κ2) is 6.38. The molecule has 0 aromatic heterocycles. The van der Waals surface area contributed by atoms with Crippen molar-refractivity contribution in [3.05, 3.63) is 28.8 Å². The Hall–Kier alpha value is -0.150. The highest BCUT2D eigenvalue weighted by molar-refractivity contribution is 6.30. The second-order valence-electron chi connectivity index (χ2n) is 2.05. The van der Waals surface area contributed by atoms with E-state index in [-0.39, 0.29) is 24.8 Å². The molecule has 1 aromatic rings. The van der Waals surface area contributed by atoms with Crippen LogP contribution in [0.4, 0.5) is 5.69 Å². The first-order chi connectivity index (χ1) is 4.74. The minimum absolute atomic E-state index is 0. The molecule has 0 radical (unpaired) electrons. The maximum absolute atomic E-state index is 5.68. The van der Waals surface area contributed by atoms with Crippen LogP contribution < -0.4 is 11.5 Å². The number of hydrogen-bond donors (Lipinski definition) is 2. The van der Waals surface area contributed by atoms with Gasteiger partial charge in [-0.2, -0.15) is 0 Å². The summed E-state index contributed by atoms with van der Waals surface area (Å²) in [6.45, 7) is 0.437. The van der Waals surface area contributed by atoms with Crippen molar-refractivity contribution in [2.75, 3.05) is 5.73 Å². The third-order valence-electron chi connectivity index (χ3n) is 1.32. The third kappa shape index (κ3) is 3.50. The predicted molar refractivity (Wildman–Crippen MR) is 58.3 cm³/mol. The van der Waals surface area contributed by atoms with Gasteiger partial charge in [-0.05, 0) is 23.8 Å². The molecule has 5 heteroatoms. The van der Waals surface area contributed by atoms with Crippen molar-refractivity contribution in [1.82, 2.24) is 0 Å². The molecule has 4 N–H and O–H groups in total. The lowest BCUT2D eigenvalue weighted by Gasteiger charge is -2.01. The van der Waals surface area contributed by atoms with Crippen LogP contribution in [0, 0.1) is 0 Å². The lowest BCUT2D eigenvalue weighted by atomic mass is 10.2. The van der Waals surface area contributed by atoms with Gasteiger partial charge in [0.25, 0.3) is 0 Å². The molecule has 0 bridgehead atoms. The first-order valence-electron chi connectivity index (χ1n) is 2.98. The molecule has 0 saturated heterocycles. The topological polar surface area (TPSA) is 52.0 Å². The van der Waals surface area contributed by atoms with Crippen molar-refractivity contribution < 1.29 is 0 Å². The van der Waals surface area contributed by atoms with E-state index >= 15 is 0 Å². The Morgan fingerprint density at radius 3 is 2.25 bits per heavy atom. The Bertz CT molecular complexity index is 240. The number of nitrogen functional groups attached to an aromatic ring is 1. The van der Waals surface area contributed by atoms with E-state index in [2.05, 4.69) is 0 Å². The van der Waals surface area contributed by atoms with Crippen LogP contribution >= 0.6 is 36.4 Å². The molecule has 0 unspecified atom stereocenters. The zero-order valence-electron chi connectivity index (χ0n) is 6.29. The Morgan fingerprint density at radius 1 is 1.25 bits per heavy atom. The number of nitrogens with two attached hydrogens (primary N) is 2. The van der Waals surface area contributed by atoms with Gasteiger partial charge in [0.1, 0.15) is 0 Å². The zero-order chi connectivity index (χ0) is 7.56. The summed E-state index contributed by atoms with van der Waals surface area (Å²) in [7, 11) is 0. The molecular formula is C7H11Cl3N2. The number of halogens is 3. The van der Waals surface area contributed by atoms with Crippen molar-refractivity contribution in [3.63, 3.8) is 0 Å². The van der Waals surface area contributed by atoms with Gasteiger partial charge in [0.05, 0.1) is 0 Å². The molecule has 12 heavy (non-hydrogen) atoms. The van der Waals surface area contributed by atoms with E-state index < -0.39 is 0 Å². The van der Waals surface area contributed by atoms with Crippen LogP contribution in [0.1, 0.15) is 5.56 Å². The van der Waals surface area contributed by atoms with Crippen LogP contribution in [-0.2, 0) is 6.54 Å². The molecule has 0 spiro atoms. The van der Waals surface area contributed by atoms with Gasteiger partial charge in [0.2, 0.25) is 0 Å². The summed E-state index contributed by atoms with van der Waals surface area (Å²) in [5.74, 6) is 0. The van der Waals surface area contributed by atoms with Crippen molar-refractivity contribution in [1.29, 1.82) is 0 Å². The van der Waals surface area contributed by atoms with Gasteiger partial charge < -0.3 is 11.5 Å². The van der Waals surface area contributed by atoms with E-state index in [1.807, 2.05) is 0 Å². The highest BCUT2D eigenvalue weighted by Crippen LogP contribution is 2.16. The van der Waals surface area contributed by atoms with E-state index in [4.69, 9.17) is 23.1 Å². The van der Waals surface area contributed by atoms with Crippen molar-refractivity contribution in [2.45, 2.75) is 6.54 Å². The maximum Gasteiger partial charge on any atom is 0.0410 e. The molecule has 0 fully saturated rings. The van der Waals surface area contributed by atoms with Gasteiger partial charge in [-0.15, -0.1) is 24.8 Å². The zero-order valence-corrected chi connectivity index (χ0v) is 8.68. The monoisotopic (exact) mass is 228 g/mol. The normalized spacial score (nSPS) is 8.17. The van der Waals surface area contributed by atoms with Crippen LogP contribution in [0.25, 0.3) is 0 Å². The summed E-state index contributed by atoms with van der Waals surface area (Å²) in [6, 6.07) is 5.28. The Balaban J connectivity index is 0. The fraction of sp³-hybridized carbons (Fsp3) is 0.143. The molecule has 0 aliphatic heterocycles. The first-order valence-corrected chi connectivity index (χ1v) is 3.36. The fourth-order valence-electron chi connectivity index (χ4n) is 0.751. The Labute approximate surface area is 89.1 Å². The summed E-state index contributed by atoms with van der Waals surface area (Å²) in [4.78, 5) is 0. The summed E-state index contributed by atoms with van der Waals surface area (Å²) in [5.41, 5.74) is 12.5. The van der Waals surface area contributed by atoms with Gasteiger partial charge in [-0.25, -0.2) is 0 Å². The molecular weight excluding hydrogens is 218 g/mol. The van der Waals surface area contributed by atoms with Crippen LogP contribution in [0.3, 0.4) is 0 Å². The molecule has 2 nitrogen and oxygen atoms in total. The van der Waals surface area contributed by atoms with Gasteiger partial charge in [-0.1, -0.05) is 11.6 Å². The summed E-state index contributed by atoms with van der Waals surface area (Å²) >= 11 is 5.68. The van der Waals surface area contributed by atoms with Crippen molar-refractivity contribution in [3.8, 4) is 0 Å².